The van der Waals surface area contributed by atoms with E-state index in [0.717, 1.165) is 5.92 Å². The number of anilines is 1. The van der Waals surface area contributed by atoms with Crippen LogP contribution >= 0.6 is 15.9 Å². The van der Waals surface area contributed by atoms with E-state index in [1.165, 1.54) is 60.2 Å². The first-order chi connectivity index (χ1) is 10.0. The molecule has 0 aromatic heterocycles. The summed E-state index contributed by atoms with van der Waals surface area (Å²) in [6.45, 7) is 12.7. The Morgan fingerprint density at radius 2 is 1.81 bits per heavy atom. The highest BCUT2D eigenvalue weighted by Gasteiger charge is 2.23. The van der Waals surface area contributed by atoms with Crippen LogP contribution in [0.4, 0.5) is 5.69 Å². The Kier molecular flexibility index (Phi) is 6.12. The SMILES string of the molecule is CCCN1CCC(C(C)Nc2cc(C)c(Br)c(C)c2)CC1. The summed E-state index contributed by atoms with van der Waals surface area (Å²) < 4.78 is 1.23. The summed E-state index contributed by atoms with van der Waals surface area (Å²) >= 11 is 3.64. The summed E-state index contributed by atoms with van der Waals surface area (Å²) in [6, 6.07) is 5.05. The Balaban J connectivity index is 1.92. The summed E-state index contributed by atoms with van der Waals surface area (Å²) in [5.41, 5.74) is 3.88. The third-order valence-corrected chi connectivity index (χ3v) is 5.96. The molecule has 21 heavy (non-hydrogen) atoms. The normalized spacial score (nSPS) is 18.7. The first kappa shape index (κ1) is 16.8. The topological polar surface area (TPSA) is 15.3 Å². The van der Waals surface area contributed by atoms with Gasteiger partial charge in [0.15, 0.2) is 0 Å². The van der Waals surface area contributed by atoms with E-state index in [1.54, 1.807) is 0 Å². The van der Waals surface area contributed by atoms with E-state index in [0.29, 0.717) is 6.04 Å². The molecule has 1 unspecified atom stereocenters. The van der Waals surface area contributed by atoms with Crippen LogP contribution in [0.25, 0.3) is 0 Å². The van der Waals surface area contributed by atoms with Crippen LogP contribution in [0.5, 0.6) is 0 Å². The van der Waals surface area contributed by atoms with E-state index in [9.17, 15) is 0 Å². The van der Waals surface area contributed by atoms with Gasteiger partial charge in [0.2, 0.25) is 0 Å². The maximum atomic E-state index is 3.73. The van der Waals surface area contributed by atoms with Gasteiger partial charge in [-0.05, 0) is 88.8 Å². The quantitative estimate of drug-likeness (QED) is 0.802. The van der Waals surface area contributed by atoms with Gasteiger partial charge in [0.05, 0.1) is 0 Å². The van der Waals surface area contributed by atoms with E-state index in [2.05, 4.69) is 66.0 Å². The van der Waals surface area contributed by atoms with Crippen molar-refractivity contribution in [2.45, 2.75) is 53.0 Å². The number of piperidine rings is 1. The number of nitrogens with one attached hydrogen (secondary N) is 1. The molecule has 1 atom stereocenters. The zero-order valence-electron chi connectivity index (χ0n) is 13.9. The minimum absolute atomic E-state index is 0.550. The van der Waals surface area contributed by atoms with Crippen LogP contribution in [0.1, 0.15) is 44.2 Å². The van der Waals surface area contributed by atoms with Crippen molar-refractivity contribution >= 4 is 21.6 Å². The number of hydrogen-bond donors (Lipinski definition) is 1. The number of halogens is 1. The zero-order valence-corrected chi connectivity index (χ0v) is 15.5. The Labute approximate surface area is 138 Å². The van der Waals surface area contributed by atoms with Crippen molar-refractivity contribution in [2.75, 3.05) is 25.0 Å². The molecule has 0 saturated carbocycles. The fourth-order valence-electron chi connectivity index (χ4n) is 3.40. The highest BCUT2D eigenvalue weighted by Crippen LogP contribution is 2.28. The van der Waals surface area contributed by atoms with Gasteiger partial charge in [0.1, 0.15) is 0 Å². The molecule has 1 aliphatic heterocycles. The van der Waals surface area contributed by atoms with Gasteiger partial charge in [-0.3, -0.25) is 0 Å². The molecule has 0 spiro atoms. The molecule has 118 valence electrons. The minimum Gasteiger partial charge on any atom is -0.382 e. The van der Waals surface area contributed by atoms with Crippen LogP contribution in [0.15, 0.2) is 16.6 Å². The fraction of sp³-hybridized carbons (Fsp3) is 0.667. The lowest BCUT2D eigenvalue weighted by atomic mass is 9.90. The van der Waals surface area contributed by atoms with Crippen LogP contribution < -0.4 is 5.32 Å². The lowest BCUT2D eigenvalue weighted by Gasteiger charge is -2.35. The van der Waals surface area contributed by atoms with E-state index in [1.807, 2.05) is 0 Å². The molecule has 3 heteroatoms. The minimum atomic E-state index is 0.550. The van der Waals surface area contributed by atoms with Crippen molar-refractivity contribution in [1.82, 2.24) is 4.90 Å². The molecule has 0 amide bonds. The van der Waals surface area contributed by atoms with E-state index < -0.39 is 0 Å². The molecule has 1 aliphatic rings. The Bertz CT molecular complexity index is 441. The van der Waals surface area contributed by atoms with Crippen molar-refractivity contribution in [2.24, 2.45) is 5.92 Å². The zero-order chi connectivity index (χ0) is 15.4. The second kappa shape index (κ2) is 7.64. The van der Waals surface area contributed by atoms with Gasteiger partial charge in [0.25, 0.3) is 0 Å². The summed E-state index contributed by atoms with van der Waals surface area (Å²) in [5, 5.41) is 3.73. The van der Waals surface area contributed by atoms with Gasteiger partial charge in [-0.2, -0.15) is 0 Å². The molecule has 0 aliphatic carbocycles. The second-order valence-corrected chi connectivity index (χ2v) is 7.33. The number of hydrogen-bond acceptors (Lipinski definition) is 2. The maximum Gasteiger partial charge on any atom is 0.0348 e. The number of rotatable bonds is 5. The Morgan fingerprint density at radius 3 is 2.33 bits per heavy atom. The molecule has 1 N–H and O–H groups in total. The van der Waals surface area contributed by atoms with Gasteiger partial charge in [-0.15, -0.1) is 0 Å². The van der Waals surface area contributed by atoms with Crippen LogP contribution in [0, 0.1) is 19.8 Å². The number of nitrogens with zero attached hydrogens (tertiary/aromatic N) is 1. The number of aryl methyl sites for hydroxylation is 2. The largest absolute Gasteiger partial charge is 0.382 e. The molecule has 2 nitrogen and oxygen atoms in total. The van der Waals surface area contributed by atoms with E-state index in [-0.39, 0.29) is 0 Å². The second-order valence-electron chi connectivity index (χ2n) is 6.54. The van der Waals surface area contributed by atoms with Crippen LogP contribution in [-0.2, 0) is 0 Å². The van der Waals surface area contributed by atoms with Crippen LogP contribution in [0.2, 0.25) is 0 Å². The molecular weight excluding hydrogens is 324 g/mol. The molecular formula is C18H29BrN2. The molecule has 1 fully saturated rings. The van der Waals surface area contributed by atoms with Gasteiger partial charge in [-0.1, -0.05) is 22.9 Å². The lowest BCUT2D eigenvalue weighted by molar-refractivity contribution is 0.176. The molecule has 0 radical (unpaired) electrons. The molecule has 1 aromatic rings. The van der Waals surface area contributed by atoms with Crippen molar-refractivity contribution in [3.05, 3.63) is 27.7 Å². The monoisotopic (exact) mass is 352 g/mol. The summed E-state index contributed by atoms with van der Waals surface area (Å²) in [7, 11) is 0. The smallest absolute Gasteiger partial charge is 0.0348 e. The highest BCUT2D eigenvalue weighted by atomic mass is 79.9. The summed E-state index contributed by atoms with van der Waals surface area (Å²) in [5.74, 6) is 0.794. The summed E-state index contributed by atoms with van der Waals surface area (Å²) in [4.78, 5) is 2.61. The molecule has 0 bridgehead atoms. The average Bonchev–Trinajstić information content (AvgIpc) is 2.45. The number of benzene rings is 1. The standard InChI is InChI=1S/C18H29BrN2/c1-5-8-21-9-6-16(7-10-21)15(4)20-17-11-13(2)18(19)14(3)12-17/h11-12,15-16,20H,5-10H2,1-4H3. The van der Waals surface area contributed by atoms with Gasteiger partial charge in [0, 0.05) is 16.2 Å². The predicted molar refractivity (Wildman–Crippen MR) is 96.2 cm³/mol. The van der Waals surface area contributed by atoms with Gasteiger partial charge in [-0.25, -0.2) is 0 Å². The first-order valence-corrected chi connectivity index (χ1v) is 9.06. The maximum absolute atomic E-state index is 3.73. The molecule has 1 aromatic carbocycles. The fourth-order valence-corrected chi connectivity index (χ4v) is 3.63. The van der Waals surface area contributed by atoms with Gasteiger partial charge < -0.3 is 10.2 Å². The van der Waals surface area contributed by atoms with E-state index in [4.69, 9.17) is 0 Å². The third kappa shape index (κ3) is 4.46. The predicted octanol–water partition coefficient (Wildman–Crippen LogP) is 4.99. The van der Waals surface area contributed by atoms with Crippen molar-refractivity contribution < 1.29 is 0 Å². The Hall–Kier alpha value is -0.540. The molecule has 2 rings (SSSR count). The first-order valence-electron chi connectivity index (χ1n) is 8.27. The highest BCUT2D eigenvalue weighted by molar-refractivity contribution is 9.10. The van der Waals surface area contributed by atoms with Crippen molar-refractivity contribution in [3.63, 3.8) is 0 Å². The van der Waals surface area contributed by atoms with Crippen LogP contribution in [0.3, 0.4) is 0 Å². The number of likely N-dealkylation sites (tertiary alicyclic amines) is 1. The Morgan fingerprint density at radius 1 is 1.24 bits per heavy atom. The average molecular weight is 353 g/mol. The van der Waals surface area contributed by atoms with Crippen LogP contribution in [-0.4, -0.2) is 30.6 Å². The lowest BCUT2D eigenvalue weighted by Crippen LogP contribution is -2.39. The van der Waals surface area contributed by atoms with E-state index >= 15 is 0 Å². The molecule has 1 heterocycles. The summed E-state index contributed by atoms with van der Waals surface area (Å²) in [6.07, 6.45) is 3.92. The van der Waals surface area contributed by atoms with Gasteiger partial charge >= 0.3 is 0 Å². The van der Waals surface area contributed by atoms with Crippen molar-refractivity contribution in [3.8, 4) is 0 Å². The third-order valence-electron chi connectivity index (χ3n) is 4.71. The molecule has 1 saturated heterocycles. The van der Waals surface area contributed by atoms with Crippen molar-refractivity contribution in [1.29, 1.82) is 0 Å².